The van der Waals surface area contributed by atoms with Gasteiger partial charge in [-0.1, -0.05) is 6.04 Å². The molecule has 0 aromatic rings. The van der Waals surface area contributed by atoms with Crippen molar-refractivity contribution < 1.29 is 33.3 Å². The molecule has 0 atom stereocenters. The van der Waals surface area contributed by atoms with Crippen molar-refractivity contribution in [3.8, 4) is 0 Å². The molecule has 6 heteroatoms. The summed E-state index contributed by atoms with van der Waals surface area (Å²) in [5.74, 6) is 0. The zero-order chi connectivity index (χ0) is 7.70. The van der Waals surface area contributed by atoms with E-state index in [1.165, 1.54) is 0 Å². The van der Waals surface area contributed by atoms with Gasteiger partial charge in [-0.3, -0.25) is 0 Å². The fraction of sp³-hybridized carbons (Fsp3) is 1.00. The van der Waals surface area contributed by atoms with E-state index in [-0.39, 0.29) is 0 Å². The predicted molar refractivity (Wildman–Crippen MR) is 25.9 cm³/mol. The molecule has 0 aromatic heterocycles. The molecule has 4 nitrogen and oxygen atoms in total. The van der Waals surface area contributed by atoms with Gasteiger partial charge in [0.1, 0.15) is 0 Å². The van der Waals surface area contributed by atoms with Crippen molar-refractivity contribution in [3.05, 3.63) is 0 Å². The van der Waals surface area contributed by atoms with Crippen LogP contribution in [0.25, 0.3) is 0 Å². The first kappa shape index (κ1) is 12.1. The number of hydrogen-bond acceptors (Lipinski definition) is 3. The third-order valence-electron chi connectivity index (χ3n) is 0.335. The molecule has 9 heavy (non-hydrogen) atoms. The third kappa shape index (κ3) is 59.1. The molecule has 0 aliphatic rings. The Hall–Kier alpha value is 0.425. The van der Waals surface area contributed by atoms with Crippen LogP contribution in [0.3, 0.4) is 0 Å². The quantitative estimate of drug-likeness (QED) is 0.651. The maximum atomic E-state index is 8.72. The van der Waals surface area contributed by atoms with Crippen LogP contribution in [-0.2, 0) is 24.4 Å². The molecule has 0 saturated carbocycles. The number of hydrogen-bond donors (Lipinski definition) is 2. The van der Waals surface area contributed by atoms with Crippen LogP contribution in [0, 0.1) is 0 Å². The zero-order valence-corrected chi connectivity index (χ0v) is 8.67. The third-order valence-corrected chi connectivity index (χ3v) is 0.688. The Balaban J connectivity index is 0. The van der Waals surface area contributed by atoms with Crippen molar-refractivity contribution in [2.75, 3.05) is 6.61 Å². The van der Waals surface area contributed by atoms with Gasteiger partial charge in [0, 0.05) is 16.8 Å². The molecule has 3 radical (unpaired) electrons. The summed E-state index contributed by atoms with van der Waals surface area (Å²) >= 11 is -4.03. The van der Waals surface area contributed by atoms with Crippen LogP contribution >= 0.6 is 0 Å². The standard InChI is InChI=1S/C3H7OSi.H2O.2O.W/c4-2-1-3-5;;;;/h4H,1-3H2;1H2;;;/q;;;;+1/p-1. The fourth-order valence-corrected chi connectivity index (χ4v) is 0.237. The predicted octanol–water partition coefficient (Wildman–Crippen LogP) is -0.842. The van der Waals surface area contributed by atoms with E-state index in [0.717, 1.165) is 12.5 Å². The summed E-state index contributed by atoms with van der Waals surface area (Å²) in [5, 5.41) is 8.04. The first-order valence-electron chi connectivity index (χ1n) is 2.19. The van der Waals surface area contributed by atoms with Crippen LogP contribution < -0.4 is 0 Å². The van der Waals surface area contributed by atoms with Crippen LogP contribution in [0.1, 0.15) is 6.42 Å². The van der Waals surface area contributed by atoms with Gasteiger partial charge in [-0.2, -0.15) is 0 Å². The SMILES string of the molecule is OCCC[Si].[O]=[W](=[O])[OH]. The van der Waals surface area contributed by atoms with Crippen LogP contribution in [-0.4, -0.2) is 25.7 Å². The van der Waals surface area contributed by atoms with Crippen molar-refractivity contribution in [1.82, 2.24) is 0 Å². The van der Waals surface area contributed by atoms with Gasteiger partial charge in [0.25, 0.3) is 0 Å². The summed E-state index contributed by atoms with van der Waals surface area (Å²) in [4.78, 5) is 0. The van der Waals surface area contributed by atoms with Crippen molar-refractivity contribution in [2.24, 2.45) is 0 Å². The van der Waals surface area contributed by atoms with E-state index in [0.29, 0.717) is 6.61 Å². The van der Waals surface area contributed by atoms with Gasteiger partial charge in [0.2, 0.25) is 0 Å². The normalized spacial score (nSPS) is 7.44. The van der Waals surface area contributed by atoms with Crippen LogP contribution in [0.5, 0.6) is 0 Å². The number of aliphatic hydroxyl groups excluding tert-OH is 1. The molecule has 0 unspecified atom stereocenters. The van der Waals surface area contributed by atoms with Gasteiger partial charge < -0.3 is 5.11 Å². The van der Waals surface area contributed by atoms with Gasteiger partial charge >= 0.3 is 28.2 Å². The molecule has 0 heterocycles. The Kier molecular flexibility index (Phi) is 15.2. The van der Waals surface area contributed by atoms with Crippen molar-refractivity contribution in [3.63, 3.8) is 0 Å². The van der Waals surface area contributed by atoms with Crippen molar-refractivity contribution in [2.45, 2.75) is 12.5 Å². The van der Waals surface area contributed by atoms with Crippen LogP contribution in [0.4, 0.5) is 0 Å². The Morgan fingerprint density at radius 1 is 1.44 bits per heavy atom. The molecular weight excluding hydrogens is 312 g/mol. The molecule has 0 aliphatic heterocycles. The van der Waals surface area contributed by atoms with Gasteiger partial charge in [-0.25, -0.2) is 0 Å². The minimum absolute atomic E-state index is 0.295. The first-order valence-corrected chi connectivity index (χ1v) is 6.60. The van der Waals surface area contributed by atoms with Gasteiger partial charge in [0.05, 0.1) is 0 Å². The second-order valence-electron chi connectivity index (χ2n) is 1.04. The Morgan fingerprint density at radius 3 is 1.78 bits per heavy atom. The van der Waals surface area contributed by atoms with E-state index in [4.69, 9.17) is 15.7 Å². The van der Waals surface area contributed by atoms with E-state index >= 15 is 0 Å². The van der Waals surface area contributed by atoms with E-state index < -0.39 is 17.6 Å². The molecule has 0 rings (SSSR count). The Bertz CT molecular complexity index is 92.0. The summed E-state index contributed by atoms with van der Waals surface area (Å²) in [6, 6.07) is 0.899. The number of aliphatic hydroxyl groups is 1. The van der Waals surface area contributed by atoms with Crippen molar-refractivity contribution >= 4 is 10.2 Å². The summed E-state index contributed by atoms with van der Waals surface area (Å²) < 4.78 is 24.6. The van der Waals surface area contributed by atoms with Gasteiger partial charge in [0.15, 0.2) is 0 Å². The molecule has 0 saturated heterocycles. The molecule has 0 bridgehead atoms. The molecule has 0 aromatic carbocycles. The monoisotopic (exact) mass is 320 g/mol. The van der Waals surface area contributed by atoms with Gasteiger partial charge in [-0.05, 0) is 6.42 Å². The first-order chi connectivity index (χ1) is 4.15. The molecule has 0 spiro atoms. The summed E-state index contributed by atoms with van der Waals surface area (Å²) in [6.45, 7) is 0.295. The minimum atomic E-state index is -4.03. The molecule has 2 N–H and O–H groups in total. The van der Waals surface area contributed by atoms with Gasteiger partial charge in [-0.15, -0.1) is 0 Å². The van der Waals surface area contributed by atoms with Crippen LogP contribution in [0.2, 0.25) is 6.04 Å². The maximum absolute atomic E-state index is 8.72. The molecular formula is C3H8O4SiW. The van der Waals surface area contributed by atoms with E-state index in [1.54, 1.807) is 0 Å². The molecule has 0 fully saturated rings. The Labute approximate surface area is 62.9 Å². The summed E-state index contributed by atoms with van der Waals surface area (Å²) in [7, 11) is 3.19. The van der Waals surface area contributed by atoms with Crippen LogP contribution in [0.15, 0.2) is 0 Å². The second-order valence-corrected chi connectivity index (χ2v) is 3.10. The fourth-order valence-electron chi connectivity index (χ4n) is 0.0791. The molecule has 0 amide bonds. The number of rotatable bonds is 2. The average molecular weight is 320 g/mol. The topological polar surface area (TPSA) is 74.6 Å². The van der Waals surface area contributed by atoms with E-state index in [1.807, 2.05) is 0 Å². The summed E-state index contributed by atoms with van der Waals surface area (Å²) in [6.07, 6.45) is 0.858. The molecule has 54 valence electrons. The average Bonchev–Trinajstić information content (AvgIpc) is 1.66. The van der Waals surface area contributed by atoms with Crippen molar-refractivity contribution in [1.29, 1.82) is 0 Å². The zero-order valence-electron chi connectivity index (χ0n) is 4.74. The molecule has 0 aliphatic carbocycles. The Morgan fingerprint density at radius 2 is 1.78 bits per heavy atom. The van der Waals surface area contributed by atoms with E-state index in [9.17, 15) is 0 Å². The summed E-state index contributed by atoms with van der Waals surface area (Å²) in [5.41, 5.74) is 0. The van der Waals surface area contributed by atoms with E-state index in [2.05, 4.69) is 10.2 Å². The second kappa shape index (κ2) is 11.3.